The molecule has 1 heterocycles. The van der Waals surface area contributed by atoms with Crippen molar-refractivity contribution in [3.8, 4) is 0 Å². The number of carboxylic acid groups (broad SMARTS) is 7. The Bertz CT molecular complexity index is 3070. The minimum Gasteiger partial charge on any atom is -0.481 e. The number of carbonyl (C=O) groups is 14. The van der Waals surface area contributed by atoms with E-state index in [0.29, 0.717) is 16.7 Å². The number of hydrogen-bond acceptors (Lipinski definition) is 18. The number of unbranched alkanes of at least 4 members (excludes halogenated alkanes) is 1. The van der Waals surface area contributed by atoms with Gasteiger partial charge < -0.3 is 78.3 Å². The zero-order valence-corrected chi connectivity index (χ0v) is 56.4. The maximum Gasteiger partial charge on any atom is 0.326 e. The van der Waals surface area contributed by atoms with E-state index in [2.05, 4.69) is 37.2 Å². The number of carbonyl (C=O) groups excluding carboxylic acids is 7. The van der Waals surface area contributed by atoms with Crippen molar-refractivity contribution in [1.82, 2.24) is 62.1 Å². The molecule has 15 N–H and O–H groups in total. The fourth-order valence-corrected chi connectivity index (χ4v) is 10.1. The van der Waals surface area contributed by atoms with Gasteiger partial charge in [0.15, 0.2) is 0 Å². The van der Waals surface area contributed by atoms with Gasteiger partial charge >= 0.3 is 47.8 Å². The first-order chi connectivity index (χ1) is 45.7. The molecule has 527 valence electrons. The molecule has 0 aliphatic carbocycles. The molecule has 3 aromatic rings. The van der Waals surface area contributed by atoms with Gasteiger partial charge in [-0.2, -0.15) is 0 Å². The zero-order chi connectivity index (χ0) is 70.5. The second-order valence-electron chi connectivity index (χ2n) is 22.8. The van der Waals surface area contributed by atoms with Crippen LogP contribution in [0.4, 0.5) is 4.79 Å². The van der Waals surface area contributed by atoms with Crippen molar-refractivity contribution >= 4 is 83.3 Å². The molecule has 0 bridgehead atoms. The van der Waals surface area contributed by atoms with E-state index < -0.39 is 145 Å². The van der Waals surface area contributed by atoms with Crippen molar-refractivity contribution in [2.24, 2.45) is 0 Å². The third-order valence-corrected chi connectivity index (χ3v) is 15.2. The maximum absolute atomic E-state index is 14.7. The summed E-state index contributed by atoms with van der Waals surface area (Å²) in [4.78, 5) is 184. The molecule has 1 radical (unpaired) electrons. The van der Waals surface area contributed by atoms with Gasteiger partial charge in [-0.05, 0) is 48.8 Å². The average molecular weight is 1430 g/mol. The quantitative estimate of drug-likeness (QED) is 0.0270. The molecule has 0 aromatic heterocycles. The van der Waals surface area contributed by atoms with Crippen molar-refractivity contribution in [2.45, 2.75) is 107 Å². The van der Waals surface area contributed by atoms with Crippen LogP contribution in [-0.4, -0.2) is 266 Å². The van der Waals surface area contributed by atoms with Gasteiger partial charge in [-0.3, -0.25) is 67.5 Å². The van der Waals surface area contributed by atoms with Crippen molar-refractivity contribution in [3.05, 3.63) is 108 Å². The van der Waals surface area contributed by atoms with Crippen LogP contribution in [0, 0.1) is 0 Å². The summed E-state index contributed by atoms with van der Waals surface area (Å²) < 4.78 is 0. The minimum atomic E-state index is -1.63. The third-order valence-electron chi connectivity index (χ3n) is 15.2. The third kappa shape index (κ3) is 34.5. The Hall–Kier alpha value is -9.02. The van der Waals surface area contributed by atoms with E-state index in [0.717, 1.165) is 0 Å². The van der Waals surface area contributed by atoms with Crippen LogP contribution in [0.3, 0.4) is 0 Å². The van der Waals surface area contributed by atoms with E-state index in [9.17, 15) is 97.8 Å². The molecular formula is C63H86N12O21Y. The summed E-state index contributed by atoms with van der Waals surface area (Å²) in [6.07, 6.45) is -2.12. The summed E-state index contributed by atoms with van der Waals surface area (Å²) in [6.45, 7) is -0.745. The summed E-state index contributed by atoms with van der Waals surface area (Å²) in [6, 6.07) is 15.6. The molecule has 6 atom stereocenters. The molecule has 4 unspecified atom stereocenters. The molecule has 3 aromatic carbocycles. The van der Waals surface area contributed by atoms with Crippen LogP contribution in [0.15, 0.2) is 91.0 Å². The molecule has 1 aliphatic rings. The van der Waals surface area contributed by atoms with Gasteiger partial charge in [0.2, 0.25) is 35.4 Å². The van der Waals surface area contributed by atoms with Gasteiger partial charge in [0.1, 0.15) is 36.3 Å². The summed E-state index contributed by atoms with van der Waals surface area (Å²) in [5.74, 6) is -13.6. The van der Waals surface area contributed by atoms with Crippen LogP contribution in [0.2, 0.25) is 0 Å². The molecular weight excluding hydrogens is 1350 g/mol. The summed E-state index contributed by atoms with van der Waals surface area (Å²) >= 11 is 0. The van der Waals surface area contributed by atoms with Gasteiger partial charge in [-0.1, -0.05) is 91.0 Å². The summed E-state index contributed by atoms with van der Waals surface area (Å²) in [5.41, 5.74) is 1.74. The number of nitrogens with zero attached hydrogens (tertiary/aromatic N) is 4. The normalized spacial score (nSPS) is 15.1. The van der Waals surface area contributed by atoms with E-state index in [1.165, 1.54) is 0 Å². The monoisotopic (exact) mass is 1430 g/mol. The maximum atomic E-state index is 14.7. The second kappa shape index (κ2) is 44.7. The first-order valence-corrected chi connectivity index (χ1v) is 31.1. The van der Waals surface area contributed by atoms with Crippen LogP contribution >= 0.6 is 0 Å². The van der Waals surface area contributed by atoms with Crippen LogP contribution in [-0.2, 0) is 114 Å². The number of rotatable bonds is 40. The number of hydrogen-bond donors (Lipinski definition) is 15. The van der Waals surface area contributed by atoms with Crippen molar-refractivity contribution in [3.63, 3.8) is 0 Å². The Morgan fingerprint density at radius 2 is 0.649 bits per heavy atom. The second-order valence-corrected chi connectivity index (χ2v) is 22.8. The van der Waals surface area contributed by atoms with Gasteiger partial charge in [0, 0.05) is 137 Å². The summed E-state index contributed by atoms with van der Waals surface area (Å²) in [5, 5.41) is 86.8. The molecule has 97 heavy (non-hydrogen) atoms. The number of urea groups is 1. The number of amides is 8. The van der Waals surface area contributed by atoms with E-state index in [-0.39, 0.29) is 169 Å². The molecule has 1 saturated heterocycles. The molecule has 8 amide bonds. The Morgan fingerprint density at radius 1 is 0.330 bits per heavy atom. The number of carboxylic acids is 7. The van der Waals surface area contributed by atoms with E-state index in [4.69, 9.17) is 5.11 Å². The van der Waals surface area contributed by atoms with Crippen molar-refractivity contribution in [2.75, 3.05) is 91.6 Å². The van der Waals surface area contributed by atoms with Gasteiger partial charge in [0.25, 0.3) is 0 Å². The van der Waals surface area contributed by atoms with E-state index >= 15 is 0 Å². The van der Waals surface area contributed by atoms with Gasteiger partial charge in [-0.25, -0.2) is 19.2 Å². The molecule has 0 spiro atoms. The van der Waals surface area contributed by atoms with Crippen LogP contribution in [0.25, 0.3) is 0 Å². The van der Waals surface area contributed by atoms with Crippen molar-refractivity contribution in [1.29, 1.82) is 0 Å². The van der Waals surface area contributed by atoms with Crippen molar-refractivity contribution < 1.29 is 136 Å². The topological polar surface area (TPSA) is 490 Å². The Morgan fingerprint density at radius 3 is 1.00 bits per heavy atom. The molecule has 4 rings (SSSR count). The zero-order valence-electron chi connectivity index (χ0n) is 53.5. The smallest absolute Gasteiger partial charge is 0.326 e. The molecule has 1 fully saturated rings. The predicted octanol–water partition coefficient (Wildman–Crippen LogP) is -2.15. The van der Waals surface area contributed by atoms with E-state index in [1.807, 2.05) is 5.32 Å². The fourth-order valence-electron chi connectivity index (χ4n) is 10.1. The average Bonchev–Trinajstić information content (AvgIpc) is 1.06. The largest absolute Gasteiger partial charge is 0.481 e. The van der Waals surface area contributed by atoms with Crippen LogP contribution in [0.5, 0.6) is 0 Å². The SMILES string of the molecule is O=C(O)CC[C@H](NC(=O)N[C@@H](CCCCNC(=O)CCC(=O)NCCC(NC(=O)C(Cc1ccccc1)NC(=O)C(Cc1ccccc1)NC(=O)C(Cc1ccccc1)NC(=O)CN1CCN(CC(=O)O)CCN(CC(=O)O)CCN(CC(=O)O)CC1)C(=O)O)C(=O)O)C(=O)O.[86Y]. The molecule has 0 saturated carbocycles. The number of benzene rings is 3. The number of aliphatic carboxylic acids is 7. The standard InChI is InChI=1S/C63H86N12O21.Y/c76-50(64-24-11-10-18-44(60(90)91)70-63(96)71-45(61(92)93)19-22-53(79)80)20-21-51(77)65-25-23-46(62(94)95)67-58(88)48(35-42-14-6-2-7-15-42)69-59(89)49(36-43-16-8-3-9-17-43)68-57(87)47(34-41-12-4-1-5-13-41)66-52(78)37-72-26-28-73(38-54(81)82)30-32-75(40-56(85)86)33-31-74(29-27-72)39-55(83)84;/h1-9,12-17,44-49H,10-11,18-40H2,(H,64,76)(H,65,77)(H,66,78)(H,67,88)(H,68,87)(H,69,89)(H,79,80)(H,81,82)(H,83,84)(H,85,86)(H,90,91)(H,92,93)(H,94,95)(H2,70,71,96);/t44-,45-,46?,47?,48?,49?;/m0./s1/i;1-3. The van der Waals surface area contributed by atoms with Crippen LogP contribution in [0.1, 0.15) is 68.1 Å². The summed E-state index contributed by atoms with van der Waals surface area (Å²) in [7, 11) is 0. The molecule has 33 nitrogen and oxygen atoms in total. The number of nitrogens with one attached hydrogen (secondary N) is 8. The first kappa shape index (κ1) is 82.2. The Balaban J connectivity index is 0.0000245. The molecule has 1 aliphatic heterocycles. The van der Waals surface area contributed by atoms with E-state index in [1.54, 1.807) is 111 Å². The molecule has 34 heteroatoms. The first-order valence-electron chi connectivity index (χ1n) is 31.1. The van der Waals surface area contributed by atoms with Gasteiger partial charge in [0.05, 0.1) is 26.2 Å². The van der Waals surface area contributed by atoms with Gasteiger partial charge in [-0.15, -0.1) is 0 Å². The predicted molar refractivity (Wildman–Crippen MR) is 340 cm³/mol. The van der Waals surface area contributed by atoms with Crippen LogP contribution < -0.4 is 42.5 Å². The fraction of sp³-hybridized carbons (Fsp3) is 0.492. The Labute approximate surface area is 584 Å². The Kier molecular flexibility index (Phi) is 37.9. The minimum absolute atomic E-state index is 0.